The molecule has 2 fully saturated rings. The van der Waals surface area contributed by atoms with E-state index in [0.29, 0.717) is 19.1 Å². The average molecular weight is 500 g/mol. The second-order valence-electron chi connectivity index (χ2n) is 10.4. The van der Waals surface area contributed by atoms with Crippen LogP contribution < -0.4 is 19.7 Å². The number of anilines is 1. The summed E-state index contributed by atoms with van der Waals surface area (Å²) in [6.45, 7) is 5.82. The first-order valence-electron chi connectivity index (χ1n) is 12.9. The summed E-state index contributed by atoms with van der Waals surface area (Å²) in [6, 6.07) is 16.6. The normalized spacial score (nSPS) is 21.7. The Labute approximate surface area is 217 Å². The number of benzene rings is 2. The van der Waals surface area contributed by atoms with Gasteiger partial charge < -0.3 is 24.4 Å². The van der Waals surface area contributed by atoms with Gasteiger partial charge in [0.1, 0.15) is 23.9 Å². The first kappa shape index (κ1) is 23.8. The van der Waals surface area contributed by atoms with Crippen LogP contribution in [0.25, 0.3) is 11.3 Å². The molecule has 6 rings (SSSR count). The van der Waals surface area contributed by atoms with Crippen molar-refractivity contribution in [2.24, 2.45) is 11.3 Å². The number of nitrogens with one attached hydrogen (secondary N) is 1. The molecule has 0 bridgehead atoms. The smallest absolute Gasteiger partial charge is 0.313 e. The topological polar surface area (TPSA) is 72.9 Å². The van der Waals surface area contributed by atoms with E-state index in [0.717, 1.165) is 72.2 Å². The van der Waals surface area contributed by atoms with Crippen molar-refractivity contribution < 1.29 is 19.0 Å². The van der Waals surface area contributed by atoms with Crippen LogP contribution in [0.4, 0.5) is 5.82 Å². The molecule has 0 spiro atoms. The highest BCUT2D eigenvalue weighted by Crippen LogP contribution is 2.59. The van der Waals surface area contributed by atoms with Gasteiger partial charge in [0.25, 0.3) is 0 Å². The van der Waals surface area contributed by atoms with Crippen molar-refractivity contribution in [2.75, 3.05) is 38.8 Å². The van der Waals surface area contributed by atoms with Crippen LogP contribution in [-0.4, -0.2) is 44.8 Å². The Balaban J connectivity index is 1.25. The molecule has 3 aliphatic rings. The SMILES string of the molecule is COC(=O)[C@]12C[C@H]1CN(c1cccc(-c3cccc(C)c3OCc3cc4c(c(OC)c3)CNCC4)n1)C2. The number of carbonyl (C=O) groups is 1. The summed E-state index contributed by atoms with van der Waals surface area (Å²) in [5.41, 5.74) is 6.19. The number of methoxy groups -OCH3 is 2. The van der Waals surface area contributed by atoms with Crippen LogP contribution in [0.5, 0.6) is 11.5 Å². The minimum Gasteiger partial charge on any atom is -0.496 e. The molecule has 1 saturated carbocycles. The van der Waals surface area contributed by atoms with E-state index < -0.39 is 0 Å². The van der Waals surface area contributed by atoms with Crippen molar-refractivity contribution >= 4 is 11.8 Å². The van der Waals surface area contributed by atoms with E-state index in [9.17, 15) is 4.79 Å². The quantitative estimate of drug-likeness (QED) is 0.486. The molecule has 0 unspecified atom stereocenters. The number of para-hydroxylation sites is 1. The lowest BCUT2D eigenvalue weighted by Gasteiger charge is -2.22. The number of fused-ring (bicyclic) bond motifs is 2. The Kier molecular flexibility index (Phi) is 6.03. The van der Waals surface area contributed by atoms with E-state index in [4.69, 9.17) is 19.2 Å². The predicted octanol–water partition coefficient (Wildman–Crippen LogP) is 4.29. The maximum absolute atomic E-state index is 12.3. The third kappa shape index (κ3) is 4.21. The number of piperidine rings is 1. The number of nitrogens with zero attached hydrogens (tertiary/aromatic N) is 2. The van der Waals surface area contributed by atoms with E-state index in [1.165, 1.54) is 18.2 Å². The highest BCUT2D eigenvalue weighted by Gasteiger charge is 2.66. The largest absolute Gasteiger partial charge is 0.496 e. The van der Waals surface area contributed by atoms with Gasteiger partial charge in [0.2, 0.25) is 0 Å². The number of esters is 1. The van der Waals surface area contributed by atoms with Crippen molar-refractivity contribution in [3.63, 3.8) is 0 Å². The fourth-order valence-corrected chi connectivity index (χ4v) is 6.02. The summed E-state index contributed by atoms with van der Waals surface area (Å²) in [4.78, 5) is 19.5. The van der Waals surface area contributed by atoms with Gasteiger partial charge in [-0.05, 0) is 73.2 Å². The average Bonchev–Trinajstić information content (AvgIpc) is 3.51. The minimum atomic E-state index is -0.351. The van der Waals surface area contributed by atoms with Gasteiger partial charge in [-0.3, -0.25) is 4.79 Å². The number of carbonyl (C=O) groups excluding carboxylic acids is 1. The van der Waals surface area contributed by atoms with Gasteiger partial charge in [0.05, 0.1) is 25.3 Å². The summed E-state index contributed by atoms with van der Waals surface area (Å²) in [5.74, 6) is 2.89. The number of hydrogen-bond acceptors (Lipinski definition) is 7. The van der Waals surface area contributed by atoms with Crippen LogP contribution >= 0.6 is 0 Å². The molecule has 1 aliphatic carbocycles. The molecule has 3 heterocycles. The van der Waals surface area contributed by atoms with Crippen LogP contribution in [0, 0.1) is 18.3 Å². The van der Waals surface area contributed by atoms with E-state index in [-0.39, 0.29) is 11.4 Å². The van der Waals surface area contributed by atoms with Gasteiger partial charge in [0.15, 0.2) is 0 Å². The number of ether oxygens (including phenoxy) is 3. The van der Waals surface area contributed by atoms with Crippen molar-refractivity contribution in [1.82, 2.24) is 10.3 Å². The lowest BCUT2D eigenvalue weighted by atomic mass is 9.97. The minimum absolute atomic E-state index is 0.0967. The van der Waals surface area contributed by atoms with Crippen LogP contribution in [0.3, 0.4) is 0 Å². The summed E-state index contributed by atoms with van der Waals surface area (Å²) in [5, 5.41) is 3.42. The molecule has 2 atom stereocenters. The van der Waals surface area contributed by atoms with Gasteiger partial charge in [-0.1, -0.05) is 24.3 Å². The number of rotatable bonds is 7. The van der Waals surface area contributed by atoms with E-state index in [1.54, 1.807) is 7.11 Å². The van der Waals surface area contributed by atoms with Crippen LogP contribution in [0.2, 0.25) is 0 Å². The lowest BCUT2D eigenvalue weighted by Crippen LogP contribution is -2.29. The molecule has 2 aromatic carbocycles. The van der Waals surface area contributed by atoms with Gasteiger partial charge in [-0.25, -0.2) is 4.98 Å². The van der Waals surface area contributed by atoms with Crippen LogP contribution in [0.1, 0.15) is 28.7 Å². The molecule has 7 nitrogen and oxygen atoms in total. The van der Waals surface area contributed by atoms with E-state index >= 15 is 0 Å². The molecular formula is C30H33N3O4. The first-order valence-corrected chi connectivity index (χ1v) is 12.9. The summed E-state index contributed by atoms with van der Waals surface area (Å²) >= 11 is 0. The van der Waals surface area contributed by atoms with Crippen LogP contribution in [0.15, 0.2) is 48.5 Å². The maximum Gasteiger partial charge on any atom is 0.313 e. The number of aryl methyl sites for hydroxylation is 1. The number of aromatic nitrogens is 1. The Hall–Kier alpha value is -3.58. The molecule has 1 N–H and O–H groups in total. The Morgan fingerprint density at radius 3 is 2.89 bits per heavy atom. The highest BCUT2D eigenvalue weighted by atomic mass is 16.5. The van der Waals surface area contributed by atoms with Crippen molar-refractivity contribution in [1.29, 1.82) is 0 Å². The molecule has 0 amide bonds. The third-order valence-corrected chi connectivity index (χ3v) is 8.12. The fraction of sp³-hybridized carbons (Fsp3) is 0.400. The fourth-order valence-electron chi connectivity index (χ4n) is 6.02. The molecule has 1 saturated heterocycles. The Bertz CT molecular complexity index is 1340. The van der Waals surface area contributed by atoms with E-state index in [2.05, 4.69) is 41.4 Å². The van der Waals surface area contributed by atoms with Crippen molar-refractivity contribution in [3.8, 4) is 22.8 Å². The van der Waals surface area contributed by atoms with E-state index in [1.807, 2.05) is 24.3 Å². The molecule has 3 aromatic rings. The third-order valence-electron chi connectivity index (χ3n) is 8.12. The van der Waals surface area contributed by atoms with Gasteiger partial charge in [-0.2, -0.15) is 0 Å². The van der Waals surface area contributed by atoms with Crippen molar-refractivity contribution in [3.05, 3.63) is 70.8 Å². The molecule has 1 aromatic heterocycles. The van der Waals surface area contributed by atoms with Crippen molar-refractivity contribution in [2.45, 2.75) is 32.9 Å². The summed E-state index contributed by atoms with van der Waals surface area (Å²) in [7, 11) is 3.20. The molecule has 37 heavy (non-hydrogen) atoms. The Morgan fingerprint density at radius 2 is 2.05 bits per heavy atom. The maximum atomic E-state index is 12.3. The second kappa shape index (κ2) is 9.38. The standard InChI is InChI=1S/C30H33N3O4/c1-19-6-4-7-23(28(19)37-17-20-12-21-10-11-31-15-24(21)26(13-20)35-2)25-8-5-9-27(32-25)33-16-22-14-30(22,18-33)29(34)36-3/h4-9,12-13,22,31H,10-11,14-18H2,1-3H3/t22-,30-/m0/s1. The number of hydrogen-bond donors (Lipinski definition) is 1. The van der Waals surface area contributed by atoms with Gasteiger partial charge >= 0.3 is 5.97 Å². The Morgan fingerprint density at radius 1 is 1.19 bits per heavy atom. The number of pyridine rings is 1. The molecule has 2 aliphatic heterocycles. The zero-order valence-electron chi connectivity index (χ0n) is 21.7. The molecular weight excluding hydrogens is 466 g/mol. The molecule has 7 heteroatoms. The first-order chi connectivity index (χ1) is 18.0. The highest BCUT2D eigenvalue weighted by molar-refractivity contribution is 5.83. The molecule has 0 radical (unpaired) electrons. The second-order valence-corrected chi connectivity index (χ2v) is 10.4. The molecule has 192 valence electrons. The zero-order valence-corrected chi connectivity index (χ0v) is 21.7. The van der Waals surface area contributed by atoms with Gasteiger partial charge in [-0.15, -0.1) is 0 Å². The van der Waals surface area contributed by atoms with Crippen LogP contribution in [-0.2, 0) is 29.1 Å². The van der Waals surface area contributed by atoms with Gasteiger partial charge in [0, 0.05) is 30.8 Å². The summed E-state index contributed by atoms with van der Waals surface area (Å²) < 4.78 is 17.2. The monoisotopic (exact) mass is 499 g/mol. The lowest BCUT2D eigenvalue weighted by molar-refractivity contribution is -0.146. The predicted molar refractivity (Wildman–Crippen MR) is 142 cm³/mol. The zero-order chi connectivity index (χ0) is 25.6. The summed E-state index contributed by atoms with van der Waals surface area (Å²) in [6.07, 6.45) is 1.90.